The first-order valence-corrected chi connectivity index (χ1v) is 11.8. The van der Waals surface area contributed by atoms with E-state index in [1.807, 2.05) is 60.4 Å². The molecule has 3 rings (SSSR count). The highest BCUT2D eigenvalue weighted by Gasteiger charge is 2.44. The molecule has 1 fully saturated rings. The predicted molar refractivity (Wildman–Crippen MR) is 132 cm³/mol. The van der Waals surface area contributed by atoms with E-state index in [2.05, 4.69) is 10.2 Å². The summed E-state index contributed by atoms with van der Waals surface area (Å²) in [7, 11) is 3.26. The van der Waals surface area contributed by atoms with E-state index in [0.717, 1.165) is 22.6 Å². The van der Waals surface area contributed by atoms with Crippen LogP contribution in [0.1, 0.15) is 25.0 Å². The van der Waals surface area contributed by atoms with Crippen molar-refractivity contribution in [2.45, 2.75) is 57.4 Å². The van der Waals surface area contributed by atoms with Crippen molar-refractivity contribution in [3.8, 4) is 11.5 Å². The van der Waals surface area contributed by atoms with Gasteiger partial charge in [-0.2, -0.15) is 0 Å². The number of carbonyl (C=O) groups is 1. The highest BCUT2D eigenvalue weighted by Crippen LogP contribution is 2.26. The van der Waals surface area contributed by atoms with Crippen molar-refractivity contribution in [2.24, 2.45) is 0 Å². The van der Waals surface area contributed by atoms with Crippen LogP contribution in [0, 0.1) is 0 Å². The van der Waals surface area contributed by atoms with Gasteiger partial charge < -0.3 is 30.1 Å². The molecule has 1 saturated heterocycles. The van der Waals surface area contributed by atoms with E-state index in [-0.39, 0.29) is 25.2 Å². The lowest BCUT2D eigenvalue weighted by molar-refractivity contribution is -0.142. The predicted octanol–water partition coefficient (Wildman–Crippen LogP) is 0.955. The first-order chi connectivity index (χ1) is 16.8. The number of ether oxygens (including phenoxy) is 2. The maximum Gasteiger partial charge on any atom is 0.217 e. The smallest absolute Gasteiger partial charge is 0.217 e. The van der Waals surface area contributed by atoms with Crippen molar-refractivity contribution in [2.75, 3.05) is 27.4 Å². The van der Waals surface area contributed by atoms with E-state index in [0.29, 0.717) is 13.1 Å². The van der Waals surface area contributed by atoms with Gasteiger partial charge in [0.25, 0.3) is 0 Å². The fourth-order valence-electron chi connectivity index (χ4n) is 4.63. The number of nitrogens with zero attached hydrogens (tertiary/aromatic N) is 2. The molecule has 35 heavy (non-hydrogen) atoms. The van der Waals surface area contributed by atoms with Crippen LogP contribution < -0.4 is 14.8 Å². The average molecular weight is 488 g/mol. The molecule has 4 N–H and O–H groups in total. The molecule has 0 aliphatic carbocycles. The number of hydrogen-bond donors (Lipinski definition) is 4. The van der Waals surface area contributed by atoms with E-state index in [4.69, 9.17) is 9.47 Å². The number of amides is 1. The Hall–Kier alpha value is -2.69. The third-order valence-electron chi connectivity index (χ3n) is 6.66. The van der Waals surface area contributed by atoms with Gasteiger partial charge in [-0.25, -0.2) is 0 Å². The summed E-state index contributed by atoms with van der Waals surface area (Å²) >= 11 is 0. The Morgan fingerprint density at radius 2 is 1.49 bits per heavy atom. The number of benzene rings is 2. The van der Waals surface area contributed by atoms with Gasteiger partial charge in [-0.3, -0.25) is 14.6 Å². The number of nitrogens with one attached hydrogen (secondary N) is 1. The van der Waals surface area contributed by atoms with Crippen LogP contribution in [0.2, 0.25) is 0 Å². The third kappa shape index (κ3) is 6.71. The van der Waals surface area contributed by atoms with E-state index in [9.17, 15) is 20.1 Å². The van der Waals surface area contributed by atoms with Crippen LogP contribution in [0.4, 0.5) is 0 Å². The molecular weight excluding hydrogens is 450 g/mol. The third-order valence-corrected chi connectivity index (χ3v) is 6.66. The normalized spacial score (nSPS) is 23.7. The van der Waals surface area contributed by atoms with Crippen molar-refractivity contribution in [1.82, 2.24) is 15.1 Å². The van der Waals surface area contributed by atoms with Gasteiger partial charge >= 0.3 is 0 Å². The van der Waals surface area contributed by atoms with Gasteiger partial charge in [-0.15, -0.1) is 0 Å². The number of carbonyl (C=O) groups excluding carboxylic acids is 1. The van der Waals surface area contributed by atoms with Crippen LogP contribution in [0.15, 0.2) is 48.5 Å². The Balaban J connectivity index is 1.89. The summed E-state index contributed by atoms with van der Waals surface area (Å²) in [4.78, 5) is 15.9. The van der Waals surface area contributed by atoms with Crippen molar-refractivity contribution in [3.05, 3.63) is 59.7 Å². The molecule has 0 spiro atoms. The van der Waals surface area contributed by atoms with Crippen LogP contribution in [0.25, 0.3) is 0 Å². The zero-order valence-corrected chi connectivity index (χ0v) is 20.8. The molecule has 0 saturated carbocycles. The summed E-state index contributed by atoms with van der Waals surface area (Å²) in [6.45, 7) is 4.53. The average Bonchev–Trinajstić information content (AvgIpc) is 2.86. The molecule has 5 atom stereocenters. The van der Waals surface area contributed by atoms with E-state index in [1.165, 1.54) is 6.92 Å². The molecule has 1 heterocycles. The number of likely N-dealkylation sites (tertiary alicyclic amines) is 1. The van der Waals surface area contributed by atoms with E-state index < -0.39 is 24.3 Å². The summed E-state index contributed by atoms with van der Waals surface area (Å²) in [5, 5.41) is 34.2. The Morgan fingerprint density at radius 1 is 1.00 bits per heavy atom. The minimum absolute atomic E-state index is 0.241. The first-order valence-electron chi connectivity index (χ1n) is 11.8. The Morgan fingerprint density at radius 3 is 1.89 bits per heavy atom. The summed E-state index contributed by atoms with van der Waals surface area (Å²) in [5.74, 6) is 1.26. The summed E-state index contributed by atoms with van der Waals surface area (Å²) in [6, 6.07) is 14.3. The van der Waals surface area contributed by atoms with Crippen LogP contribution in [-0.2, 0) is 17.9 Å². The van der Waals surface area contributed by atoms with Crippen LogP contribution >= 0.6 is 0 Å². The lowest BCUT2D eigenvalue weighted by Gasteiger charge is -2.49. The number of piperidine rings is 1. The van der Waals surface area contributed by atoms with Gasteiger partial charge in [0.2, 0.25) is 5.91 Å². The van der Waals surface area contributed by atoms with Crippen molar-refractivity contribution >= 4 is 5.91 Å². The number of aliphatic hydroxyl groups is 3. The number of rotatable bonds is 10. The molecule has 2 aromatic carbocycles. The van der Waals surface area contributed by atoms with E-state index in [1.54, 1.807) is 14.2 Å². The van der Waals surface area contributed by atoms with Crippen LogP contribution in [-0.4, -0.2) is 88.9 Å². The number of hydrogen-bond acceptors (Lipinski definition) is 8. The van der Waals surface area contributed by atoms with Crippen molar-refractivity contribution in [1.29, 1.82) is 0 Å². The van der Waals surface area contributed by atoms with Crippen molar-refractivity contribution < 1.29 is 29.6 Å². The first kappa shape index (κ1) is 26.9. The molecule has 2 aromatic rings. The lowest BCUT2D eigenvalue weighted by Crippen LogP contribution is -2.69. The lowest BCUT2D eigenvalue weighted by atomic mass is 9.91. The van der Waals surface area contributed by atoms with Gasteiger partial charge in [0.15, 0.2) is 0 Å². The monoisotopic (exact) mass is 487 g/mol. The molecule has 9 nitrogen and oxygen atoms in total. The van der Waals surface area contributed by atoms with E-state index >= 15 is 0 Å². The molecule has 1 amide bonds. The molecule has 0 bridgehead atoms. The maximum absolute atomic E-state index is 11.7. The fraction of sp³-hybridized carbons (Fsp3) is 0.500. The second-order valence-electron chi connectivity index (χ2n) is 8.97. The second kappa shape index (κ2) is 12.3. The molecule has 9 heteroatoms. The number of methoxy groups -OCH3 is 2. The molecule has 192 valence electrons. The molecule has 1 aliphatic rings. The quantitative estimate of drug-likeness (QED) is 0.392. The van der Waals surface area contributed by atoms with Crippen molar-refractivity contribution in [3.63, 3.8) is 0 Å². The van der Waals surface area contributed by atoms with Gasteiger partial charge in [0.1, 0.15) is 17.6 Å². The fourth-order valence-corrected chi connectivity index (χ4v) is 4.63. The van der Waals surface area contributed by atoms with Gasteiger partial charge in [-0.05, 0) is 42.3 Å². The topological polar surface area (TPSA) is 115 Å². The van der Waals surface area contributed by atoms with Crippen LogP contribution in [0.3, 0.4) is 0 Å². The zero-order chi connectivity index (χ0) is 25.5. The second-order valence-corrected chi connectivity index (χ2v) is 8.97. The minimum atomic E-state index is -1.21. The Kier molecular flexibility index (Phi) is 9.47. The maximum atomic E-state index is 11.7. The molecule has 0 radical (unpaired) electrons. The highest BCUT2D eigenvalue weighted by molar-refractivity contribution is 5.73. The largest absolute Gasteiger partial charge is 0.497 e. The Labute approximate surface area is 206 Å². The summed E-state index contributed by atoms with van der Waals surface area (Å²) in [6.07, 6.45) is -2.62. The SMILES string of the molecule is COc1ccc(CN(Cc2ccc(OC)cc2)C(C)N2CC(NC(C)=O)C(O)[C@H](O)C2CO)cc1. The van der Waals surface area contributed by atoms with Gasteiger partial charge in [-0.1, -0.05) is 24.3 Å². The van der Waals surface area contributed by atoms with Crippen LogP contribution in [0.5, 0.6) is 11.5 Å². The molecule has 1 aliphatic heterocycles. The number of aliphatic hydroxyl groups excluding tert-OH is 3. The zero-order valence-electron chi connectivity index (χ0n) is 20.8. The molecular formula is C26H37N3O6. The highest BCUT2D eigenvalue weighted by atomic mass is 16.5. The summed E-state index contributed by atoms with van der Waals surface area (Å²) < 4.78 is 10.6. The molecule has 0 aromatic heterocycles. The Bertz CT molecular complexity index is 890. The van der Waals surface area contributed by atoms with Gasteiger partial charge in [0, 0.05) is 26.6 Å². The molecule has 4 unspecified atom stereocenters. The minimum Gasteiger partial charge on any atom is -0.497 e. The summed E-state index contributed by atoms with van der Waals surface area (Å²) in [5.41, 5.74) is 2.14. The standard InChI is InChI=1S/C26H37N3O6/c1-17(31)27-23-15-29(24(16-30)26(33)25(23)32)18(2)28(13-19-5-9-21(34-3)10-6-19)14-20-7-11-22(35-4)12-8-20/h5-12,18,23-26,30,32-33H,13-16H2,1-4H3,(H,27,31)/t18?,23?,24?,25?,26-/m1/s1. The van der Waals surface area contributed by atoms with Gasteiger partial charge in [0.05, 0.1) is 45.2 Å².